The number of likely N-dealkylation sites (N-methyl/N-ethyl adjacent to an activating group) is 1. The Morgan fingerprint density at radius 2 is 1.86 bits per heavy atom. The first-order chi connectivity index (χ1) is 16.4. The number of halogens is 2. The van der Waals surface area contributed by atoms with Gasteiger partial charge in [0.1, 0.15) is 18.0 Å². The predicted molar refractivity (Wildman–Crippen MR) is 139 cm³/mol. The molecule has 2 aromatic carbocycles. The molecule has 3 aromatic rings. The standard InChI is InChI=1S/C24H30ClFN6O2S/c1-24(2,32-9-5-8-31(3)10-11-32)18-14-21-17(13-22(18)30-35(4,33)34)23(28-15-27-21)29-16-6-7-20(26)19(25)12-16/h6-7,12-15,30H,5,8-11H2,1-4H3,(H,27,28,29). The number of aromatic nitrogens is 2. The fourth-order valence-electron chi connectivity index (χ4n) is 4.48. The second-order valence-corrected chi connectivity index (χ2v) is 11.6. The number of benzene rings is 2. The van der Waals surface area contributed by atoms with Gasteiger partial charge >= 0.3 is 0 Å². The number of hydrogen-bond donors (Lipinski definition) is 2. The van der Waals surface area contributed by atoms with Gasteiger partial charge in [-0.25, -0.2) is 22.8 Å². The van der Waals surface area contributed by atoms with Crippen molar-refractivity contribution >= 4 is 49.7 Å². The fraction of sp³-hybridized carbons (Fsp3) is 0.417. The van der Waals surface area contributed by atoms with E-state index in [0.717, 1.165) is 44.4 Å². The van der Waals surface area contributed by atoms with Gasteiger partial charge in [0, 0.05) is 36.2 Å². The van der Waals surface area contributed by atoms with Crippen molar-refractivity contribution in [1.29, 1.82) is 0 Å². The van der Waals surface area contributed by atoms with Crippen LogP contribution in [0.1, 0.15) is 25.8 Å². The van der Waals surface area contributed by atoms with Crippen molar-refractivity contribution in [3.63, 3.8) is 0 Å². The van der Waals surface area contributed by atoms with Crippen LogP contribution in [-0.2, 0) is 15.6 Å². The molecule has 4 rings (SSSR count). The van der Waals surface area contributed by atoms with Crippen molar-refractivity contribution in [2.45, 2.75) is 25.8 Å². The Morgan fingerprint density at radius 1 is 1.09 bits per heavy atom. The van der Waals surface area contributed by atoms with Gasteiger partial charge in [0.2, 0.25) is 10.0 Å². The molecule has 2 N–H and O–H groups in total. The van der Waals surface area contributed by atoms with E-state index in [1.54, 1.807) is 12.1 Å². The van der Waals surface area contributed by atoms with E-state index in [1.165, 1.54) is 18.5 Å². The fourth-order valence-corrected chi connectivity index (χ4v) is 5.23. The van der Waals surface area contributed by atoms with Gasteiger partial charge in [-0.05, 0) is 69.8 Å². The number of hydrogen-bond acceptors (Lipinski definition) is 7. The van der Waals surface area contributed by atoms with Gasteiger partial charge in [0.05, 0.1) is 22.5 Å². The van der Waals surface area contributed by atoms with Crippen LogP contribution >= 0.6 is 11.6 Å². The van der Waals surface area contributed by atoms with Crippen LogP contribution in [-0.4, -0.2) is 67.7 Å². The molecule has 1 fully saturated rings. The summed E-state index contributed by atoms with van der Waals surface area (Å²) in [5.74, 6) is -0.0639. The Morgan fingerprint density at radius 3 is 2.57 bits per heavy atom. The second kappa shape index (κ2) is 9.85. The quantitative estimate of drug-likeness (QED) is 0.497. The van der Waals surface area contributed by atoms with E-state index in [-0.39, 0.29) is 5.02 Å². The molecule has 0 bridgehead atoms. The smallest absolute Gasteiger partial charge is 0.229 e. The largest absolute Gasteiger partial charge is 0.340 e. The molecule has 8 nitrogen and oxygen atoms in total. The summed E-state index contributed by atoms with van der Waals surface area (Å²) in [7, 11) is -1.44. The number of anilines is 3. The lowest BCUT2D eigenvalue weighted by Crippen LogP contribution is -2.44. The zero-order valence-corrected chi connectivity index (χ0v) is 21.8. The summed E-state index contributed by atoms with van der Waals surface area (Å²) in [6.07, 6.45) is 3.60. The zero-order valence-electron chi connectivity index (χ0n) is 20.3. The molecule has 1 aromatic heterocycles. The molecular formula is C24H30ClFN6O2S. The molecule has 0 radical (unpaired) electrons. The normalized spacial score (nSPS) is 16.3. The van der Waals surface area contributed by atoms with Gasteiger partial charge in [-0.1, -0.05) is 11.6 Å². The lowest BCUT2D eigenvalue weighted by Gasteiger charge is -2.39. The molecule has 0 spiro atoms. The van der Waals surface area contributed by atoms with Crippen LogP contribution in [0.15, 0.2) is 36.7 Å². The molecule has 1 saturated heterocycles. The van der Waals surface area contributed by atoms with Gasteiger partial charge in [-0.2, -0.15) is 0 Å². The summed E-state index contributed by atoms with van der Waals surface area (Å²) >= 11 is 5.93. The number of nitrogens with one attached hydrogen (secondary N) is 2. The van der Waals surface area contributed by atoms with Gasteiger partial charge in [0.25, 0.3) is 0 Å². The van der Waals surface area contributed by atoms with Crippen LogP contribution in [0, 0.1) is 5.82 Å². The Hall–Kier alpha value is -2.53. The first-order valence-electron chi connectivity index (χ1n) is 11.4. The molecule has 0 aliphatic carbocycles. The minimum Gasteiger partial charge on any atom is -0.340 e. The molecule has 1 aliphatic rings. The van der Waals surface area contributed by atoms with E-state index in [9.17, 15) is 12.8 Å². The van der Waals surface area contributed by atoms with Gasteiger partial charge in [-0.3, -0.25) is 9.62 Å². The van der Waals surface area contributed by atoms with Gasteiger partial charge in [0.15, 0.2) is 0 Å². The second-order valence-electron chi connectivity index (χ2n) is 9.47. The van der Waals surface area contributed by atoms with Crippen molar-refractivity contribution in [2.75, 3.05) is 49.5 Å². The number of fused-ring (bicyclic) bond motifs is 1. The highest BCUT2D eigenvalue weighted by molar-refractivity contribution is 7.92. The van der Waals surface area contributed by atoms with Crippen LogP contribution in [0.3, 0.4) is 0 Å². The monoisotopic (exact) mass is 520 g/mol. The summed E-state index contributed by atoms with van der Waals surface area (Å²) in [6.45, 7) is 7.93. The number of sulfonamides is 1. The van der Waals surface area contributed by atoms with Crippen LogP contribution in [0.2, 0.25) is 5.02 Å². The van der Waals surface area contributed by atoms with Crippen molar-refractivity contribution in [3.05, 3.63) is 53.1 Å². The van der Waals surface area contributed by atoms with Gasteiger partial charge in [-0.15, -0.1) is 0 Å². The average molecular weight is 521 g/mol. The predicted octanol–water partition coefficient (Wildman–Crippen LogP) is 4.41. The summed E-state index contributed by atoms with van der Waals surface area (Å²) in [6, 6.07) is 7.96. The Balaban J connectivity index is 1.82. The lowest BCUT2D eigenvalue weighted by molar-refractivity contribution is 0.126. The molecule has 0 amide bonds. The maximum absolute atomic E-state index is 13.6. The highest BCUT2D eigenvalue weighted by atomic mass is 35.5. The van der Waals surface area contributed by atoms with Crippen LogP contribution < -0.4 is 10.0 Å². The van der Waals surface area contributed by atoms with E-state index in [4.69, 9.17) is 11.6 Å². The Bertz CT molecular complexity index is 1350. The summed E-state index contributed by atoms with van der Waals surface area (Å²) in [5.41, 5.74) is 2.04. The third-order valence-corrected chi connectivity index (χ3v) is 7.30. The highest BCUT2D eigenvalue weighted by Crippen LogP contribution is 2.38. The molecule has 2 heterocycles. The van der Waals surface area contributed by atoms with E-state index >= 15 is 0 Å². The third-order valence-electron chi connectivity index (χ3n) is 6.42. The van der Waals surface area contributed by atoms with Crippen molar-refractivity contribution < 1.29 is 12.8 Å². The van der Waals surface area contributed by atoms with Crippen LogP contribution in [0.5, 0.6) is 0 Å². The number of nitrogens with zero attached hydrogens (tertiary/aromatic N) is 4. The molecule has 35 heavy (non-hydrogen) atoms. The lowest BCUT2D eigenvalue weighted by atomic mass is 9.89. The molecule has 188 valence electrons. The van der Waals surface area contributed by atoms with Crippen molar-refractivity contribution in [1.82, 2.24) is 19.8 Å². The SMILES string of the molecule is CN1CCCN(C(C)(C)c2cc3ncnc(Nc4ccc(F)c(Cl)c4)c3cc2NS(C)(=O)=O)CC1. The van der Waals surface area contributed by atoms with Crippen molar-refractivity contribution in [2.24, 2.45) is 0 Å². The van der Waals surface area contributed by atoms with Gasteiger partial charge < -0.3 is 10.2 Å². The third kappa shape index (κ3) is 5.83. The molecule has 0 saturated carbocycles. The maximum atomic E-state index is 13.6. The summed E-state index contributed by atoms with van der Waals surface area (Å²) < 4.78 is 40.9. The maximum Gasteiger partial charge on any atom is 0.229 e. The minimum atomic E-state index is -3.55. The molecule has 0 atom stereocenters. The number of rotatable bonds is 6. The first kappa shape index (κ1) is 25.6. The zero-order chi connectivity index (χ0) is 25.4. The van der Waals surface area contributed by atoms with E-state index in [0.29, 0.717) is 28.1 Å². The molecule has 11 heteroatoms. The molecule has 0 unspecified atom stereocenters. The summed E-state index contributed by atoms with van der Waals surface area (Å²) in [4.78, 5) is 13.5. The van der Waals surface area contributed by atoms with Crippen molar-refractivity contribution in [3.8, 4) is 0 Å². The molecule has 1 aliphatic heterocycles. The average Bonchev–Trinajstić information content (AvgIpc) is 3.00. The van der Waals surface area contributed by atoms with E-state index in [1.807, 2.05) is 6.07 Å². The minimum absolute atomic E-state index is 0.0140. The topological polar surface area (TPSA) is 90.5 Å². The van der Waals surface area contributed by atoms with E-state index < -0.39 is 21.4 Å². The van der Waals surface area contributed by atoms with E-state index in [2.05, 4.69) is 50.7 Å². The van der Waals surface area contributed by atoms with Crippen LogP contribution in [0.25, 0.3) is 10.9 Å². The Labute approximate surface area is 210 Å². The highest BCUT2D eigenvalue weighted by Gasteiger charge is 2.33. The Kier molecular flexibility index (Phi) is 7.19. The summed E-state index contributed by atoms with van der Waals surface area (Å²) in [5, 5.41) is 3.75. The molecular weight excluding hydrogens is 491 g/mol. The van der Waals surface area contributed by atoms with Crippen LogP contribution in [0.4, 0.5) is 21.6 Å². The first-order valence-corrected chi connectivity index (χ1v) is 13.6.